The molecule has 126 valence electrons. The molecule has 1 aliphatic rings. The Labute approximate surface area is 160 Å². The van der Waals surface area contributed by atoms with Crippen LogP contribution in [0.1, 0.15) is 12.5 Å². The summed E-state index contributed by atoms with van der Waals surface area (Å²) in [7, 11) is 0. The molecule has 0 unspecified atom stereocenters. The van der Waals surface area contributed by atoms with E-state index in [9.17, 15) is 4.79 Å². The van der Waals surface area contributed by atoms with Crippen LogP contribution in [0.25, 0.3) is 6.08 Å². The van der Waals surface area contributed by atoms with Crippen molar-refractivity contribution in [2.45, 2.75) is 6.92 Å². The zero-order valence-corrected chi connectivity index (χ0v) is 15.6. The van der Waals surface area contributed by atoms with E-state index in [-0.39, 0.29) is 5.91 Å². The summed E-state index contributed by atoms with van der Waals surface area (Å²) in [5.41, 5.74) is 2.66. The van der Waals surface area contributed by atoms with Crippen LogP contribution in [0, 0.1) is 0 Å². The van der Waals surface area contributed by atoms with E-state index in [1.54, 1.807) is 18.2 Å². The third kappa shape index (κ3) is 4.98. The number of halogens is 2. The van der Waals surface area contributed by atoms with Gasteiger partial charge in [0.2, 0.25) is 0 Å². The van der Waals surface area contributed by atoms with E-state index in [0.29, 0.717) is 25.8 Å². The van der Waals surface area contributed by atoms with E-state index in [0.717, 1.165) is 11.1 Å². The highest BCUT2D eigenvalue weighted by molar-refractivity contribution is 8.18. The molecule has 1 heterocycles. The van der Waals surface area contributed by atoms with Gasteiger partial charge in [0, 0.05) is 10.0 Å². The van der Waals surface area contributed by atoms with Crippen molar-refractivity contribution in [3.63, 3.8) is 0 Å². The van der Waals surface area contributed by atoms with E-state index in [2.05, 4.69) is 10.3 Å². The number of thioether (sulfide) groups is 1. The van der Waals surface area contributed by atoms with Crippen molar-refractivity contribution in [3.05, 3.63) is 80.7 Å². The van der Waals surface area contributed by atoms with Gasteiger partial charge in [0.05, 0.1) is 10.6 Å². The first-order chi connectivity index (χ1) is 12.0. The van der Waals surface area contributed by atoms with Gasteiger partial charge >= 0.3 is 0 Å². The molecule has 0 spiro atoms. The molecular formula is C19H14Cl2N2OS. The Hall–Kier alpha value is -2.01. The van der Waals surface area contributed by atoms with Gasteiger partial charge in [0.1, 0.15) is 0 Å². The van der Waals surface area contributed by atoms with Crippen molar-refractivity contribution < 1.29 is 4.79 Å². The minimum absolute atomic E-state index is 0.169. The number of amidine groups is 1. The minimum atomic E-state index is -0.169. The largest absolute Gasteiger partial charge is 0.300 e. The molecule has 0 aromatic heterocycles. The maximum atomic E-state index is 12.1. The quantitative estimate of drug-likeness (QED) is 0.671. The van der Waals surface area contributed by atoms with E-state index in [1.165, 1.54) is 11.8 Å². The fourth-order valence-corrected chi connectivity index (χ4v) is 3.67. The van der Waals surface area contributed by atoms with Gasteiger partial charge in [-0.25, -0.2) is 4.99 Å². The number of aliphatic imine (C=N–C) groups is 1. The second-order valence-electron chi connectivity index (χ2n) is 5.41. The highest BCUT2D eigenvalue weighted by Gasteiger charge is 2.23. The van der Waals surface area contributed by atoms with Crippen LogP contribution >= 0.6 is 35.0 Å². The molecule has 1 amide bonds. The third-order valence-corrected chi connectivity index (χ3v) is 4.63. The zero-order chi connectivity index (χ0) is 17.8. The molecule has 3 nitrogen and oxygen atoms in total. The molecule has 2 aromatic carbocycles. The SMILES string of the molecule is CC(=Cc1ccccc1)/C=C1\SC(=Nc2cc(Cl)cc(Cl)c2)NC1=O. The van der Waals surface area contributed by atoms with Gasteiger partial charge in [-0.2, -0.15) is 0 Å². The molecule has 25 heavy (non-hydrogen) atoms. The van der Waals surface area contributed by atoms with E-state index < -0.39 is 0 Å². The standard InChI is InChI=1S/C19H14Cl2N2OS/c1-12(7-13-5-3-2-4-6-13)8-17-18(24)23-19(25-17)22-16-10-14(20)9-15(21)11-16/h2-11H,1H3,(H,22,23,24)/b12-7?,17-8-. The summed E-state index contributed by atoms with van der Waals surface area (Å²) < 4.78 is 0. The summed E-state index contributed by atoms with van der Waals surface area (Å²) >= 11 is 13.2. The number of amides is 1. The summed E-state index contributed by atoms with van der Waals surface area (Å²) in [6, 6.07) is 15.0. The molecule has 0 saturated carbocycles. The van der Waals surface area contributed by atoms with Gasteiger partial charge in [0.25, 0.3) is 5.91 Å². The van der Waals surface area contributed by atoms with Crippen LogP contribution in [-0.2, 0) is 4.79 Å². The Kier molecular flexibility index (Phi) is 5.63. The van der Waals surface area contributed by atoms with Gasteiger partial charge in [-0.05, 0) is 54.1 Å². The fraction of sp³-hybridized carbons (Fsp3) is 0.0526. The number of rotatable bonds is 3. The Balaban J connectivity index is 1.80. The maximum absolute atomic E-state index is 12.1. The predicted octanol–water partition coefficient (Wildman–Crippen LogP) is 5.83. The number of allylic oxidation sites excluding steroid dienone is 2. The van der Waals surface area contributed by atoms with Gasteiger partial charge < -0.3 is 5.32 Å². The van der Waals surface area contributed by atoms with Crippen LogP contribution in [-0.4, -0.2) is 11.1 Å². The monoisotopic (exact) mass is 388 g/mol. The average Bonchev–Trinajstić information content (AvgIpc) is 2.86. The average molecular weight is 389 g/mol. The van der Waals surface area contributed by atoms with Crippen LogP contribution < -0.4 is 5.32 Å². The maximum Gasteiger partial charge on any atom is 0.264 e. The lowest BCUT2D eigenvalue weighted by Gasteiger charge is -1.98. The molecule has 6 heteroatoms. The lowest BCUT2D eigenvalue weighted by molar-refractivity contribution is -0.115. The molecular weight excluding hydrogens is 375 g/mol. The van der Waals surface area contributed by atoms with Crippen LogP contribution in [0.2, 0.25) is 10.0 Å². The summed E-state index contributed by atoms with van der Waals surface area (Å²) in [5, 5.41) is 4.25. The highest BCUT2D eigenvalue weighted by Crippen LogP contribution is 2.30. The smallest absolute Gasteiger partial charge is 0.264 e. The van der Waals surface area contributed by atoms with Crippen LogP contribution in [0.15, 0.2) is 70.1 Å². The molecule has 3 rings (SSSR count). The molecule has 0 bridgehead atoms. The molecule has 1 saturated heterocycles. The number of nitrogens with zero attached hydrogens (tertiary/aromatic N) is 1. The summed E-state index contributed by atoms with van der Waals surface area (Å²) in [6.45, 7) is 1.96. The third-order valence-electron chi connectivity index (χ3n) is 3.28. The normalized spacial score (nSPS) is 18.0. The molecule has 1 fully saturated rings. The summed E-state index contributed by atoms with van der Waals surface area (Å²) in [4.78, 5) is 17.1. The zero-order valence-electron chi connectivity index (χ0n) is 13.3. The second-order valence-corrected chi connectivity index (χ2v) is 7.31. The van der Waals surface area contributed by atoms with E-state index in [1.807, 2.05) is 49.4 Å². The van der Waals surface area contributed by atoms with Crippen LogP contribution in [0.5, 0.6) is 0 Å². The topological polar surface area (TPSA) is 41.5 Å². The lowest BCUT2D eigenvalue weighted by atomic mass is 10.1. The Morgan fingerprint density at radius 1 is 1.12 bits per heavy atom. The van der Waals surface area contributed by atoms with Gasteiger partial charge in [0.15, 0.2) is 5.17 Å². The highest BCUT2D eigenvalue weighted by atomic mass is 35.5. The number of hydrogen-bond donors (Lipinski definition) is 1. The fourth-order valence-electron chi connectivity index (χ4n) is 2.26. The lowest BCUT2D eigenvalue weighted by Crippen LogP contribution is -2.19. The first-order valence-electron chi connectivity index (χ1n) is 7.48. The number of carbonyl (C=O) groups is 1. The van der Waals surface area contributed by atoms with Crippen molar-refractivity contribution >= 4 is 57.8 Å². The first kappa shape index (κ1) is 17.8. The number of hydrogen-bond acceptors (Lipinski definition) is 3. The van der Waals surface area contributed by atoms with Crippen LogP contribution in [0.3, 0.4) is 0 Å². The van der Waals surface area contributed by atoms with Gasteiger partial charge in [-0.3, -0.25) is 4.79 Å². The Bertz CT molecular complexity index is 885. The van der Waals surface area contributed by atoms with Crippen molar-refractivity contribution in [2.75, 3.05) is 0 Å². The van der Waals surface area contributed by atoms with Crippen molar-refractivity contribution in [2.24, 2.45) is 4.99 Å². The molecule has 0 radical (unpaired) electrons. The van der Waals surface area contributed by atoms with Crippen LogP contribution in [0.4, 0.5) is 5.69 Å². The predicted molar refractivity (Wildman–Crippen MR) is 107 cm³/mol. The minimum Gasteiger partial charge on any atom is -0.300 e. The molecule has 1 aliphatic heterocycles. The second kappa shape index (κ2) is 7.91. The number of nitrogens with one attached hydrogen (secondary N) is 1. The number of benzene rings is 2. The molecule has 1 N–H and O–H groups in total. The summed E-state index contributed by atoms with van der Waals surface area (Å²) in [5.74, 6) is -0.169. The molecule has 0 aliphatic carbocycles. The van der Waals surface area contributed by atoms with Crippen molar-refractivity contribution in [3.8, 4) is 0 Å². The summed E-state index contributed by atoms with van der Waals surface area (Å²) in [6.07, 6.45) is 3.87. The molecule has 0 atom stereocenters. The molecule has 2 aromatic rings. The van der Waals surface area contributed by atoms with Crippen molar-refractivity contribution in [1.29, 1.82) is 0 Å². The Morgan fingerprint density at radius 3 is 2.48 bits per heavy atom. The van der Waals surface area contributed by atoms with Gasteiger partial charge in [-0.15, -0.1) is 0 Å². The van der Waals surface area contributed by atoms with E-state index in [4.69, 9.17) is 23.2 Å². The Morgan fingerprint density at radius 2 is 1.80 bits per heavy atom. The van der Waals surface area contributed by atoms with E-state index >= 15 is 0 Å². The van der Waals surface area contributed by atoms with Gasteiger partial charge in [-0.1, -0.05) is 59.6 Å². The number of carbonyl (C=O) groups excluding carboxylic acids is 1. The van der Waals surface area contributed by atoms with Crippen molar-refractivity contribution in [1.82, 2.24) is 5.32 Å². The first-order valence-corrected chi connectivity index (χ1v) is 9.06.